The summed E-state index contributed by atoms with van der Waals surface area (Å²) < 4.78 is 0. The van der Waals surface area contributed by atoms with Gasteiger partial charge in [0.15, 0.2) is 0 Å². The molecule has 0 saturated carbocycles. The van der Waals surface area contributed by atoms with Crippen LogP contribution in [0.15, 0.2) is 42.5 Å². The Morgan fingerprint density at radius 1 is 1.18 bits per heavy atom. The Kier molecular flexibility index (Phi) is 3.10. The summed E-state index contributed by atoms with van der Waals surface area (Å²) in [5.41, 5.74) is 6.05. The summed E-state index contributed by atoms with van der Waals surface area (Å²) in [7, 11) is 0. The number of rotatable bonds is 3. The Hall–Kier alpha value is -2.29. The maximum absolute atomic E-state index is 10.6. The third kappa shape index (κ3) is 2.84. The smallest absolute Gasteiger partial charge is 0.221 e. The Morgan fingerprint density at radius 3 is 2.65 bits per heavy atom. The lowest BCUT2D eigenvalue weighted by molar-refractivity contribution is -0.117. The van der Waals surface area contributed by atoms with E-state index in [9.17, 15) is 9.90 Å². The number of hydrogen-bond donors (Lipinski definition) is 2. The number of hydrogen-bond acceptors (Lipinski definition) is 2. The number of benzene rings is 2. The molecule has 0 atom stereocenters. The zero-order valence-electron chi connectivity index (χ0n) is 9.26. The van der Waals surface area contributed by atoms with Gasteiger partial charge >= 0.3 is 0 Å². The normalized spacial score (nSPS) is 11.1. The van der Waals surface area contributed by atoms with Crippen LogP contribution in [0.5, 0.6) is 5.75 Å². The zero-order valence-corrected chi connectivity index (χ0v) is 9.26. The number of phenolic OH excluding ortho intramolecular Hbond substituents is 1. The predicted octanol–water partition coefficient (Wildman–Crippen LogP) is 2.43. The van der Waals surface area contributed by atoms with Crippen LogP contribution in [-0.2, 0) is 4.79 Å². The molecule has 0 heterocycles. The van der Waals surface area contributed by atoms with E-state index in [1.165, 1.54) is 0 Å². The first-order valence-corrected chi connectivity index (χ1v) is 5.33. The van der Waals surface area contributed by atoms with Crippen LogP contribution in [0, 0.1) is 0 Å². The van der Waals surface area contributed by atoms with E-state index in [4.69, 9.17) is 5.73 Å². The first kappa shape index (κ1) is 11.2. The molecule has 3 heteroatoms. The second-order valence-corrected chi connectivity index (χ2v) is 3.86. The molecule has 0 aliphatic carbocycles. The first-order chi connectivity index (χ1) is 8.15. The van der Waals surface area contributed by atoms with E-state index in [1.54, 1.807) is 18.2 Å². The summed E-state index contributed by atoms with van der Waals surface area (Å²) in [5, 5.41) is 11.4. The van der Waals surface area contributed by atoms with E-state index in [-0.39, 0.29) is 18.1 Å². The summed E-state index contributed by atoms with van der Waals surface area (Å²) >= 11 is 0. The van der Waals surface area contributed by atoms with Crippen molar-refractivity contribution < 1.29 is 9.90 Å². The number of carbonyl (C=O) groups is 1. The van der Waals surface area contributed by atoms with Crippen molar-refractivity contribution in [1.82, 2.24) is 0 Å². The minimum Gasteiger partial charge on any atom is -0.508 e. The topological polar surface area (TPSA) is 63.3 Å². The Bertz CT molecular complexity index is 588. The fourth-order valence-electron chi connectivity index (χ4n) is 1.67. The van der Waals surface area contributed by atoms with Crippen molar-refractivity contribution in [3.63, 3.8) is 0 Å². The van der Waals surface area contributed by atoms with Crippen molar-refractivity contribution in [3.05, 3.63) is 48.0 Å². The van der Waals surface area contributed by atoms with E-state index in [1.807, 2.05) is 30.3 Å². The minimum absolute atomic E-state index is 0.244. The highest BCUT2D eigenvalue weighted by atomic mass is 16.3. The first-order valence-electron chi connectivity index (χ1n) is 5.33. The molecule has 17 heavy (non-hydrogen) atoms. The molecule has 2 rings (SSSR count). The molecule has 86 valence electrons. The van der Waals surface area contributed by atoms with Gasteiger partial charge < -0.3 is 10.8 Å². The molecule has 2 aromatic carbocycles. The number of amides is 1. The number of phenols is 1. The fourth-order valence-corrected chi connectivity index (χ4v) is 1.67. The van der Waals surface area contributed by atoms with Gasteiger partial charge in [0.2, 0.25) is 5.91 Å². The molecule has 3 N–H and O–H groups in total. The van der Waals surface area contributed by atoms with Crippen LogP contribution < -0.4 is 5.73 Å². The number of carbonyl (C=O) groups excluding carboxylic acids is 1. The van der Waals surface area contributed by atoms with E-state index in [2.05, 4.69) is 0 Å². The van der Waals surface area contributed by atoms with Crippen LogP contribution in [0.1, 0.15) is 12.0 Å². The average molecular weight is 227 g/mol. The zero-order chi connectivity index (χ0) is 12.3. The van der Waals surface area contributed by atoms with Crippen molar-refractivity contribution >= 4 is 22.8 Å². The number of nitrogens with two attached hydrogens (primary N) is 1. The monoisotopic (exact) mass is 227 g/mol. The van der Waals surface area contributed by atoms with Crippen LogP contribution in [0.4, 0.5) is 0 Å². The Labute approximate surface area is 99.2 Å². The van der Waals surface area contributed by atoms with Crippen molar-refractivity contribution in [1.29, 1.82) is 0 Å². The van der Waals surface area contributed by atoms with Gasteiger partial charge in [0.25, 0.3) is 0 Å². The maximum atomic E-state index is 10.6. The van der Waals surface area contributed by atoms with Crippen LogP contribution in [0.25, 0.3) is 16.8 Å². The summed E-state index contributed by atoms with van der Waals surface area (Å²) in [6, 6.07) is 11.1. The third-order valence-electron chi connectivity index (χ3n) is 2.48. The van der Waals surface area contributed by atoms with E-state index < -0.39 is 0 Å². The number of fused-ring (bicyclic) bond motifs is 1. The van der Waals surface area contributed by atoms with E-state index in [0.717, 1.165) is 16.3 Å². The fraction of sp³-hybridized carbons (Fsp3) is 0.0714. The van der Waals surface area contributed by atoms with Crippen LogP contribution in [0.3, 0.4) is 0 Å². The van der Waals surface area contributed by atoms with Gasteiger partial charge in [0.1, 0.15) is 5.75 Å². The lowest BCUT2D eigenvalue weighted by Gasteiger charge is -2.00. The van der Waals surface area contributed by atoms with Gasteiger partial charge in [-0.05, 0) is 34.5 Å². The molecule has 0 fully saturated rings. The summed E-state index contributed by atoms with van der Waals surface area (Å²) in [5.74, 6) is -0.0820. The third-order valence-corrected chi connectivity index (χ3v) is 2.48. The van der Waals surface area contributed by atoms with Gasteiger partial charge in [-0.25, -0.2) is 0 Å². The molecular weight excluding hydrogens is 214 g/mol. The predicted molar refractivity (Wildman–Crippen MR) is 68.5 cm³/mol. The average Bonchev–Trinajstić information content (AvgIpc) is 2.29. The molecule has 0 aromatic heterocycles. The summed E-state index contributed by atoms with van der Waals surface area (Å²) in [6.07, 6.45) is 3.84. The van der Waals surface area contributed by atoms with Crippen molar-refractivity contribution in [2.24, 2.45) is 5.73 Å². The highest BCUT2D eigenvalue weighted by molar-refractivity contribution is 5.86. The highest BCUT2D eigenvalue weighted by Crippen LogP contribution is 2.21. The highest BCUT2D eigenvalue weighted by Gasteiger charge is 1.96. The molecule has 1 amide bonds. The van der Waals surface area contributed by atoms with Gasteiger partial charge in [-0.2, -0.15) is 0 Å². The lowest BCUT2D eigenvalue weighted by atomic mass is 10.1. The largest absolute Gasteiger partial charge is 0.508 e. The van der Waals surface area contributed by atoms with E-state index in [0.29, 0.717) is 0 Å². The van der Waals surface area contributed by atoms with Gasteiger partial charge in [-0.3, -0.25) is 4.79 Å². The van der Waals surface area contributed by atoms with Crippen molar-refractivity contribution in [3.8, 4) is 5.75 Å². The molecule has 0 bridgehead atoms. The Morgan fingerprint density at radius 2 is 1.88 bits per heavy atom. The molecule has 3 nitrogen and oxygen atoms in total. The molecule has 0 aliphatic rings. The quantitative estimate of drug-likeness (QED) is 0.845. The summed E-state index contributed by atoms with van der Waals surface area (Å²) in [4.78, 5) is 10.6. The van der Waals surface area contributed by atoms with Crippen LogP contribution in [0.2, 0.25) is 0 Å². The van der Waals surface area contributed by atoms with Crippen LogP contribution >= 0.6 is 0 Å². The molecule has 0 unspecified atom stereocenters. The second kappa shape index (κ2) is 4.70. The summed E-state index contributed by atoms with van der Waals surface area (Å²) in [6.45, 7) is 0. The molecule has 2 aromatic rings. The van der Waals surface area contributed by atoms with Gasteiger partial charge in [-0.1, -0.05) is 30.4 Å². The molecule has 0 spiro atoms. The maximum Gasteiger partial charge on any atom is 0.221 e. The lowest BCUT2D eigenvalue weighted by Crippen LogP contribution is -2.07. The van der Waals surface area contributed by atoms with Crippen molar-refractivity contribution in [2.75, 3.05) is 0 Å². The van der Waals surface area contributed by atoms with Gasteiger partial charge in [0.05, 0.1) is 0 Å². The number of primary amides is 1. The molecular formula is C14H13NO2. The number of aromatic hydroxyl groups is 1. The van der Waals surface area contributed by atoms with Gasteiger partial charge in [-0.15, -0.1) is 0 Å². The molecule has 0 saturated heterocycles. The second-order valence-electron chi connectivity index (χ2n) is 3.86. The Balaban J connectivity index is 2.29. The van der Waals surface area contributed by atoms with Crippen LogP contribution in [-0.4, -0.2) is 11.0 Å². The van der Waals surface area contributed by atoms with Gasteiger partial charge in [0, 0.05) is 6.42 Å². The van der Waals surface area contributed by atoms with Crippen molar-refractivity contribution in [2.45, 2.75) is 6.42 Å². The molecule has 0 radical (unpaired) electrons. The SMILES string of the molecule is NC(=O)CC=Cc1ccc2cc(O)ccc2c1. The minimum atomic E-state index is -0.341. The van der Waals surface area contributed by atoms with E-state index >= 15 is 0 Å². The molecule has 0 aliphatic heterocycles. The standard InChI is InChI=1S/C14H13NO2/c15-14(17)3-1-2-10-4-5-12-9-13(16)7-6-11(12)8-10/h1-2,4-9,16H,3H2,(H2,15,17).